The summed E-state index contributed by atoms with van der Waals surface area (Å²) in [5.74, 6) is 0.231. The molecule has 186 valence electrons. The van der Waals surface area contributed by atoms with Crippen molar-refractivity contribution in [1.82, 2.24) is 9.73 Å². The molecule has 8 nitrogen and oxygen atoms in total. The zero-order valence-corrected chi connectivity index (χ0v) is 21.2. The Bertz CT molecular complexity index is 1050. The lowest BCUT2D eigenvalue weighted by Gasteiger charge is -2.22. The minimum Gasteiger partial charge on any atom is -0.493 e. The van der Waals surface area contributed by atoms with E-state index in [1.165, 1.54) is 36.7 Å². The number of hydrogen-bond acceptors (Lipinski definition) is 6. The number of ether oxygens (including phenoxy) is 2. The second kappa shape index (κ2) is 13.7. The van der Waals surface area contributed by atoms with E-state index in [0.29, 0.717) is 17.9 Å². The summed E-state index contributed by atoms with van der Waals surface area (Å²) in [5.41, 5.74) is 4.42. The van der Waals surface area contributed by atoms with Gasteiger partial charge in [0.1, 0.15) is 0 Å². The zero-order valence-electron chi connectivity index (χ0n) is 20.4. The smallest absolute Gasteiger partial charge is 0.255 e. The average Bonchev–Trinajstić information content (AvgIpc) is 2.85. The van der Waals surface area contributed by atoms with Crippen molar-refractivity contribution in [2.75, 3.05) is 27.3 Å². The summed E-state index contributed by atoms with van der Waals surface area (Å²) in [6, 6.07) is 13.9. The molecule has 0 saturated carbocycles. The molecule has 0 bridgehead atoms. The number of nitrogens with zero attached hydrogens (tertiary/aromatic N) is 2. The van der Waals surface area contributed by atoms with Gasteiger partial charge in [0.2, 0.25) is 10.0 Å². The van der Waals surface area contributed by atoms with E-state index >= 15 is 0 Å². The lowest BCUT2D eigenvalue weighted by molar-refractivity contribution is -0.121. The number of sulfonamides is 1. The number of amides is 1. The molecule has 0 aliphatic carbocycles. The molecule has 34 heavy (non-hydrogen) atoms. The maximum atomic E-state index is 13.5. The highest BCUT2D eigenvalue weighted by Crippen LogP contribution is 2.30. The number of hydrogen-bond donors (Lipinski definition) is 1. The minimum atomic E-state index is -3.99. The van der Waals surface area contributed by atoms with Crippen molar-refractivity contribution in [3.05, 3.63) is 54.1 Å². The first kappa shape index (κ1) is 27.3. The molecule has 1 amide bonds. The van der Waals surface area contributed by atoms with Gasteiger partial charge < -0.3 is 9.47 Å². The lowest BCUT2D eigenvalue weighted by atomic mass is 10.1. The van der Waals surface area contributed by atoms with Crippen LogP contribution in [0.3, 0.4) is 0 Å². The van der Waals surface area contributed by atoms with Crippen LogP contribution in [0.25, 0.3) is 0 Å². The summed E-state index contributed by atoms with van der Waals surface area (Å²) in [6.45, 7) is 3.88. The third-order valence-electron chi connectivity index (χ3n) is 5.22. The third-order valence-corrected chi connectivity index (χ3v) is 7.06. The summed E-state index contributed by atoms with van der Waals surface area (Å²) in [6.07, 6.45) is 3.88. The maximum Gasteiger partial charge on any atom is 0.255 e. The van der Waals surface area contributed by atoms with E-state index in [2.05, 4.69) is 10.5 Å². The molecular formula is C25H35N3O5S. The maximum absolute atomic E-state index is 13.5. The number of hydrazone groups is 1. The first-order valence-corrected chi connectivity index (χ1v) is 12.9. The Morgan fingerprint density at radius 3 is 2.21 bits per heavy atom. The molecule has 2 aromatic carbocycles. The Morgan fingerprint density at radius 2 is 1.62 bits per heavy atom. The Labute approximate surface area is 203 Å². The molecule has 0 radical (unpaired) electrons. The number of methoxy groups -OCH3 is 2. The monoisotopic (exact) mass is 489 g/mol. The van der Waals surface area contributed by atoms with E-state index in [1.807, 2.05) is 44.2 Å². The van der Waals surface area contributed by atoms with E-state index in [-0.39, 0.29) is 18.0 Å². The quantitative estimate of drug-likeness (QED) is 0.319. The highest BCUT2D eigenvalue weighted by molar-refractivity contribution is 7.89. The summed E-state index contributed by atoms with van der Waals surface area (Å²) in [4.78, 5) is 12.7. The van der Waals surface area contributed by atoms with Crippen LogP contribution in [0.1, 0.15) is 45.1 Å². The number of carbonyl (C=O) groups excluding carboxylic acids is 1. The molecule has 2 aromatic rings. The first-order chi connectivity index (χ1) is 16.3. The van der Waals surface area contributed by atoms with Crippen LogP contribution in [0.5, 0.6) is 11.5 Å². The molecule has 0 fully saturated rings. The van der Waals surface area contributed by atoms with Gasteiger partial charge in [0.05, 0.1) is 25.7 Å². The number of nitrogens with one attached hydrogen (secondary N) is 1. The van der Waals surface area contributed by atoms with Gasteiger partial charge in [0, 0.05) is 18.3 Å². The standard InChI is InChI=1S/C25H35N3O5S/c1-5-10-21(11-6-2)26-27-25(29)19-28(17-16-20-12-8-7-9-13-20)34(30,31)22-14-15-23(32-3)24(18-22)33-4/h7-9,12-15,18H,5-6,10-11,16-17,19H2,1-4H3,(H,27,29). The fourth-order valence-electron chi connectivity index (χ4n) is 3.46. The van der Waals surface area contributed by atoms with Crippen molar-refractivity contribution in [3.8, 4) is 11.5 Å². The third kappa shape index (κ3) is 7.85. The molecule has 0 unspecified atom stereocenters. The average molecular weight is 490 g/mol. The van der Waals surface area contributed by atoms with Crippen LogP contribution >= 0.6 is 0 Å². The van der Waals surface area contributed by atoms with Gasteiger partial charge in [0.25, 0.3) is 5.91 Å². The minimum absolute atomic E-state index is 0.0205. The second-order valence-corrected chi connectivity index (χ2v) is 9.74. The predicted octanol–water partition coefficient (Wildman–Crippen LogP) is 4.01. The summed E-state index contributed by atoms with van der Waals surface area (Å²) >= 11 is 0. The van der Waals surface area contributed by atoms with Crippen LogP contribution in [-0.4, -0.2) is 51.7 Å². The van der Waals surface area contributed by atoms with Crippen molar-refractivity contribution in [3.63, 3.8) is 0 Å². The number of benzene rings is 2. The zero-order chi connectivity index (χ0) is 25.0. The number of rotatable bonds is 14. The normalized spacial score (nSPS) is 11.2. The fourth-order valence-corrected chi connectivity index (χ4v) is 4.87. The molecule has 1 N–H and O–H groups in total. The molecule has 0 aliphatic rings. The fraction of sp³-hybridized carbons (Fsp3) is 0.440. The van der Waals surface area contributed by atoms with Crippen molar-refractivity contribution in [2.45, 2.75) is 50.8 Å². The lowest BCUT2D eigenvalue weighted by Crippen LogP contribution is -2.40. The van der Waals surface area contributed by atoms with Gasteiger partial charge in [-0.3, -0.25) is 4.79 Å². The highest BCUT2D eigenvalue weighted by atomic mass is 32.2. The summed E-state index contributed by atoms with van der Waals surface area (Å²) in [7, 11) is -1.07. The van der Waals surface area contributed by atoms with E-state index in [9.17, 15) is 13.2 Å². The molecule has 2 rings (SSSR count). The first-order valence-electron chi connectivity index (χ1n) is 11.5. The van der Waals surface area contributed by atoms with Gasteiger partial charge in [-0.2, -0.15) is 9.41 Å². The van der Waals surface area contributed by atoms with Gasteiger partial charge in [-0.1, -0.05) is 57.0 Å². The van der Waals surface area contributed by atoms with Gasteiger partial charge in [0.15, 0.2) is 11.5 Å². The summed E-state index contributed by atoms with van der Waals surface area (Å²) < 4.78 is 38.7. The van der Waals surface area contributed by atoms with E-state index in [4.69, 9.17) is 9.47 Å². The van der Waals surface area contributed by atoms with E-state index in [1.54, 1.807) is 0 Å². The topological polar surface area (TPSA) is 97.3 Å². The Morgan fingerprint density at radius 1 is 0.971 bits per heavy atom. The molecule has 0 aliphatic heterocycles. The van der Waals surface area contributed by atoms with Gasteiger partial charge in [-0.15, -0.1) is 0 Å². The molecule has 0 atom stereocenters. The van der Waals surface area contributed by atoms with Crippen molar-refractivity contribution >= 4 is 21.6 Å². The Balaban J connectivity index is 2.29. The molecule has 0 aromatic heterocycles. The molecule has 0 heterocycles. The van der Waals surface area contributed by atoms with E-state index < -0.39 is 15.9 Å². The van der Waals surface area contributed by atoms with Crippen molar-refractivity contribution < 1.29 is 22.7 Å². The van der Waals surface area contributed by atoms with Gasteiger partial charge in [-0.25, -0.2) is 13.8 Å². The SMILES string of the molecule is CCCC(CCC)=NNC(=O)CN(CCc1ccccc1)S(=O)(=O)c1ccc(OC)c(OC)c1. The molecule has 0 spiro atoms. The van der Waals surface area contributed by atoms with Crippen molar-refractivity contribution in [1.29, 1.82) is 0 Å². The van der Waals surface area contributed by atoms with Crippen LogP contribution in [0.2, 0.25) is 0 Å². The molecule has 0 saturated heterocycles. The van der Waals surface area contributed by atoms with Crippen LogP contribution in [0.4, 0.5) is 0 Å². The second-order valence-electron chi connectivity index (χ2n) is 7.80. The van der Waals surface area contributed by atoms with E-state index in [0.717, 1.165) is 37.0 Å². The van der Waals surface area contributed by atoms with Crippen LogP contribution in [0, 0.1) is 0 Å². The van der Waals surface area contributed by atoms with Crippen LogP contribution in [0.15, 0.2) is 58.5 Å². The summed E-state index contributed by atoms with van der Waals surface area (Å²) in [5, 5.41) is 4.24. The Hall–Kier alpha value is -2.91. The Kier molecular flexibility index (Phi) is 11.0. The largest absolute Gasteiger partial charge is 0.493 e. The van der Waals surface area contributed by atoms with Gasteiger partial charge >= 0.3 is 0 Å². The highest BCUT2D eigenvalue weighted by Gasteiger charge is 2.27. The van der Waals surface area contributed by atoms with Crippen LogP contribution < -0.4 is 14.9 Å². The number of carbonyl (C=O) groups is 1. The van der Waals surface area contributed by atoms with Crippen LogP contribution in [-0.2, 0) is 21.2 Å². The van der Waals surface area contributed by atoms with Crippen molar-refractivity contribution in [2.24, 2.45) is 5.10 Å². The molecular weight excluding hydrogens is 454 g/mol. The predicted molar refractivity (Wildman–Crippen MR) is 134 cm³/mol. The molecule has 9 heteroatoms. The van der Waals surface area contributed by atoms with Gasteiger partial charge in [-0.05, 0) is 37.0 Å².